The summed E-state index contributed by atoms with van der Waals surface area (Å²) >= 11 is 0. The molecule has 16 heteroatoms. The van der Waals surface area contributed by atoms with Crippen LogP contribution in [0.15, 0.2) is 78.0 Å². The lowest BCUT2D eigenvalue weighted by molar-refractivity contribution is -0.251. The SMILES string of the molecule is CCCCCC(=O)NCC1OC(CCCC2CC(C)OC(c3ccccc3O)O2)CC(CC(O)CCCC2CC(CCCC(O)CC3C[C@H](C)OC(c4ccccc4O)O3)OC(c3ccccc3N=O)O2)O1. The summed E-state index contributed by atoms with van der Waals surface area (Å²) in [6, 6.07) is 21.1. The molecule has 13 unspecified atom stereocenters. The molecule has 4 heterocycles. The monoisotopic (exact) mass is 1000 g/mol. The number of nitrogens with zero attached hydrogens (tertiary/aromatic N) is 1. The zero-order chi connectivity index (χ0) is 50.8. The number of carbonyl (C=O) groups is 1. The Morgan fingerprint density at radius 2 is 1.01 bits per heavy atom. The highest BCUT2D eigenvalue weighted by molar-refractivity contribution is 5.75. The third kappa shape index (κ3) is 17.3. The Hall–Kier alpha value is -4.07. The number of aliphatic hydroxyl groups excluding tert-OH is 2. The van der Waals surface area contributed by atoms with Crippen LogP contribution in [-0.4, -0.2) is 100 Å². The van der Waals surface area contributed by atoms with E-state index >= 15 is 0 Å². The van der Waals surface area contributed by atoms with Crippen LogP contribution in [0.3, 0.4) is 0 Å². The minimum Gasteiger partial charge on any atom is -0.507 e. The van der Waals surface area contributed by atoms with E-state index in [1.807, 2.05) is 38.1 Å². The van der Waals surface area contributed by atoms with E-state index in [2.05, 4.69) is 17.4 Å². The van der Waals surface area contributed by atoms with Crippen LogP contribution in [0.25, 0.3) is 0 Å². The largest absolute Gasteiger partial charge is 0.507 e. The molecule has 0 saturated carbocycles. The van der Waals surface area contributed by atoms with Crippen LogP contribution < -0.4 is 5.32 Å². The molecule has 16 nitrogen and oxygen atoms in total. The lowest BCUT2D eigenvalue weighted by Crippen LogP contribution is -2.45. The number of amides is 1. The van der Waals surface area contributed by atoms with Gasteiger partial charge in [-0.05, 0) is 127 Å². The Balaban J connectivity index is 0.896. The summed E-state index contributed by atoms with van der Waals surface area (Å²) in [4.78, 5) is 24.5. The molecule has 4 fully saturated rings. The molecule has 3 aromatic carbocycles. The van der Waals surface area contributed by atoms with E-state index in [-0.39, 0.29) is 78.5 Å². The number of phenolic OH excluding ortho intramolecular Hbond substituents is 2. The smallest absolute Gasteiger partial charge is 0.220 e. The molecule has 5 N–H and O–H groups in total. The van der Waals surface area contributed by atoms with E-state index in [4.69, 9.17) is 37.9 Å². The van der Waals surface area contributed by atoms with E-state index in [1.54, 1.807) is 48.5 Å². The second-order valence-electron chi connectivity index (χ2n) is 20.4. The molecular formula is C56H80N2O14. The number of carbonyl (C=O) groups excluding carboxylic acids is 1. The Morgan fingerprint density at radius 3 is 1.58 bits per heavy atom. The zero-order valence-corrected chi connectivity index (χ0v) is 42.5. The highest BCUT2D eigenvalue weighted by Crippen LogP contribution is 2.40. The number of nitroso groups, excluding NO2 is 1. The Bertz CT molecular complexity index is 2100. The van der Waals surface area contributed by atoms with Crippen LogP contribution in [-0.2, 0) is 42.7 Å². The predicted octanol–water partition coefficient (Wildman–Crippen LogP) is 10.7. The van der Waals surface area contributed by atoms with Crippen molar-refractivity contribution in [3.8, 4) is 11.5 Å². The molecule has 1 amide bonds. The fourth-order valence-corrected chi connectivity index (χ4v) is 10.6. The molecule has 4 aliphatic heterocycles. The van der Waals surface area contributed by atoms with Crippen molar-refractivity contribution in [3.63, 3.8) is 0 Å². The standard InChI is InChI=1S/C56H80N2O14/c1-4-5-6-28-52(63)57-35-53-67-41(21-15-20-40-29-36(2)65-55(69-40)47-23-8-11-26-50(47)61)34-45(68-53)32-39(60)17-14-19-43-33-42(70-54(71-43)46-22-7-10-25-49(46)58-64)18-13-16-38(59)31-44-30-37(3)66-56(72-44)48-24-9-12-27-51(48)62/h7-12,22-27,36-45,53-56,59-62H,4-6,13-21,28-35H2,1-3H3,(H,57,63)/t36?,37-,38?,39?,40?,41?,42?,43?,44?,45?,53?,54?,55?,56?/m0/s1. The quantitative estimate of drug-likeness (QED) is 0.0374. The van der Waals surface area contributed by atoms with E-state index in [1.165, 1.54) is 0 Å². The third-order valence-corrected chi connectivity index (χ3v) is 14.3. The van der Waals surface area contributed by atoms with Gasteiger partial charge in [-0.2, -0.15) is 0 Å². The number of benzene rings is 3. The summed E-state index contributed by atoms with van der Waals surface area (Å²) in [6.07, 6.45) is 7.57. The fourth-order valence-electron chi connectivity index (χ4n) is 10.6. The van der Waals surface area contributed by atoms with Crippen LogP contribution in [0.4, 0.5) is 5.69 Å². The first kappa shape index (κ1) is 55.7. The first-order valence-electron chi connectivity index (χ1n) is 26.8. The van der Waals surface area contributed by atoms with Crippen molar-refractivity contribution in [2.24, 2.45) is 5.18 Å². The summed E-state index contributed by atoms with van der Waals surface area (Å²) in [5, 5.41) is 49.7. The number of hydrogen-bond acceptors (Lipinski definition) is 15. The maximum absolute atomic E-state index is 12.7. The highest BCUT2D eigenvalue weighted by Gasteiger charge is 2.36. The molecule has 14 atom stereocenters. The number of nitrogens with one attached hydrogen (secondary N) is 1. The van der Waals surface area contributed by atoms with Gasteiger partial charge in [0.05, 0.1) is 67.6 Å². The number of aromatic hydroxyl groups is 2. The van der Waals surface area contributed by atoms with Crippen molar-refractivity contribution in [1.82, 2.24) is 5.32 Å². The number of aliphatic hydroxyl groups is 2. The number of phenols is 2. The van der Waals surface area contributed by atoms with Crippen LogP contribution >= 0.6 is 0 Å². The average Bonchev–Trinajstić information content (AvgIpc) is 3.35. The van der Waals surface area contributed by atoms with Gasteiger partial charge in [0.15, 0.2) is 25.2 Å². The molecule has 0 radical (unpaired) electrons. The van der Waals surface area contributed by atoms with Gasteiger partial charge < -0.3 is 63.6 Å². The Morgan fingerprint density at radius 1 is 0.569 bits per heavy atom. The van der Waals surface area contributed by atoms with Crippen molar-refractivity contribution in [2.45, 2.75) is 229 Å². The number of ether oxygens (including phenoxy) is 8. The fraction of sp³-hybridized carbons (Fsp3) is 0.661. The van der Waals surface area contributed by atoms with Crippen LogP contribution in [0.5, 0.6) is 11.5 Å². The Labute approximate surface area is 425 Å². The van der Waals surface area contributed by atoms with Gasteiger partial charge in [0.1, 0.15) is 17.2 Å². The minimum atomic E-state index is -0.794. The van der Waals surface area contributed by atoms with Gasteiger partial charge in [0.25, 0.3) is 0 Å². The normalized spacial score (nSPS) is 29.8. The molecule has 0 spiro atoms. The van der Waals surface area contributed by atoms with Crippen LogP contribution in [0.1, 0.15) is 178 Å². The topological polar surface area (TPSA) is 213 Å². The molecule has 4 aliphatic rings. The van der Waals surface area contributed by atoms with Gasteiger partial charge >= 0.3 is 0 Å². The van der Waals surface area contributed by atoms with E-state index in [0.717, 1.165) is 44.9 Å². The van der Waals surface area contributed by atoms with E-state index in [0.29, 0.717) is 93.7 Å². The van der Waals surface area contributed by atoms with Crippen molar-refractivity contribution < 1.29 is 63.1 Å². The molecule has 0 aliphatic carbocycles. The van der Waals surface area contributed by atoms with Gasteiger partial charge in [0.2, 0.25) is 5.91 Å². The summed E-state index contributed by atoms with van der Waals surface area (Å²) < 4.78 is 50.4. The molecule has 7 rings (SSSR count). The second kappa shape index (κ2) is 28.6. The number of unbranched alkanes of at least 4 members (excludes halogenated alkanes) is 2. The minimum absolute atomic E-state index is 0.0293. The van der Waals surface area contributed by atoms with Gasteiger partial charge in [-0.3, -0.25) is 4.79 Å². The maximum Gasteiger partial charge on any atom is 0.220 e. The van der Waals surface area contributed by atoms with Crippen molar-refractivity contribution in [2.75, 3.05) is 6.54 Å². The molecule has 3 aromatic rings. The van der Waals surface area contributed by atoms with Gasteiger partial charge in [0, 0.05) is 36.0 Å². The lowest BCUT2D eigenvalue weighted by Gasteiger charge is -2.38. The summed E-state index contributed by atoms with van der Waals surface area (Å²) in [5.74, 6) is 0.225. The molecule has 72 heavy (non-hydrogen) atoms. The lowest BCUT2D eigenvalue weighted by atomic mass is 9.95. The Kier molecular flexibility index (Phi) is 22.1. The van der Waals surface area contributed by atoms with Crippen LogP contribution in [0, 0.1) is 4.91 Å². The molecule has 398 valence electrons. The zero-order valence-electron chi connectivity index (χ0n) is 42.5. The molecule has 4 saturated heterocycles. The summed E-state index contributed by atoms with van der Waals surface area (Å²) in [5.41, 5.74) is 2.01. The molecular weight excluding hydrogens is 925 g/mol. The van der Waals surface area contributed by atoms with E-state index in [9.17, 15) is 30.1 Å². The van der Waals surface area contributed by atoms with Gasteiger partial charge in [-0.15, -0.1) is 4.91 Å². The van der Waals surface area contributed by atoms with Crippen molar-refractivity contribution in [3.05, 3.63) is 94.4 Å². The number of hydrogen-bond donors (Lipinski definition) is 5. The molecule has 0 aromatic heterocycles. The average molecular weight is 1010 g/mol. The van der Waals surface area contributed by atoms with Crippen molar-refractivity contribution >= 4 is 11.6 Å². The second-order valence-corrected chi connectivity index (χ2v) is 20.4. The highest BCUT2D eigenvalue weighted by atomic mass is 16.7. The van der Waals surface area contributed by atoms with E-state index < -0.39 is 37.4 Å². The van der Waals surface area contributed by atoms with Crippen LogP contribution in [0.2, 0.25) is 0 Å². The van der Waals surface area contributed by atoms with Crippen molar-refractivity contribution in [1.29, 1.82) is 0 Å². The summed E-state index contributed by atoms with van der Waals surface area (Å²) in [7, 11) is 0. The third-order valence-electron chi connectivity index (χ3n) is 14.3. The first-order valence-corrected chi connectivity index (χ1v) is 26.8. The maximum atomic E-state index is 12.7. The number of rotatable bonds is 26. The molecule has 0 bridgehead atoms. The predicted molar refractivity (Wildman–Crippen MR) is 269 cm³/mol. The van der Waals surface area contributed by atoms with Gasteiger partial charge in [-0.1, -0.05) is 74.4 Å². The first-order chi connectivity index (χ1) is 34.9. The number of para-hydroxylation sites is 2. The van der Waals surface area contributed by atoms with Gasteiger partial charge in [-0.25, -0.2) is 0 Å². The summed E-state index contributed by atoms with van der Waals surface area (Å²) in [6.45, 7) is 6.33.